The molecule has 0 unspecified atom stereocenters. The van der Waals surface area contributed by atoms with Gasteiger partial charge in [0, 0.05) is 0 Å². The second-order valence-electron chi connectivity index (χ2n) is 7.43. The lowest BCUT2D eigenvalue weighted by Gasteiger charge is -2.26. The molecule has 0 heterocycles. The summed E-state index contributed by atoms with van der Waals surface area (Å²) in [6, 6.07) is 0. The summed E-state index contributed by atoms with van der Waals surface area (Å²) in [6.07, 6.45) is 8.61. The fraction of sp³-hybridized carbons (Fsp3) is 0.647. The Bertz CT molecular complexity index is 511. The Labute approximate surface area is 133 Å². The van der Waals surface area contributed by atoms with E-state index in [0.717, 1.165) is 6.42 Å². The second-order valence-corrected chi connectivity index (χ2v) is 12.9. The standard InChI is InChI=1S/C17H26O4Si/c1-20-15(18)17(16(19)21-2)10-12-7-6-8-14(22(3,4)5)9-13(12)11-17/h6-7,9,12,14H,8,10-11H2,1-5H3/t12-,14-/m0/s1. The van der Waals surface area contributed by atoms with Crippen molar-refractivity contribution in [3.8, 4) is 0 Å². The maximum absolute atomic E-state index is 12.3. The molecule has 22 heavy (non-hydrogen) atoms. The van der Waals surface area contributed by atoms with Crippen LogP contribution >= 0.6 is 0 Å². The lowest BCUT2D eigenvalue weighted by Crippen LogP contribution is -2.39. The number of ether oxygens (including phenoxy) is 2. The monoisotopic (exact) mass is 322 g/mol. The SMILES string of the molecule is COC(=O)C1(C(=O)OC)CC2=C[C@@H]([Si](C)(C)C)CC=C[C@H]2C1. The molecule has 0 bridgehead atoms. The number of hydrogen-bond donors (Lipinski definition) is 0. The summed E-state index contributed by atoms with van der Waals surface area (Å²) in [5.74, 6) is -0.822. The van der Waals surface area contributed by atoms with Gasteiger partial charge in [-0.15, -0.1) is 0 Å². The minimum absolute atomic E-state index is 0.138. The molecule has 122 valence electrons. The number of carbonyl (C=O) groups excluding carboxylic acids is 2. The van der Waals surface area contributed by atoms with Gasteiger partial charge in [0.15, 0.2) is 5.41 Å². The summed E-state index contributed by atoms with van der Waals surface area (Å²) in [5, 5.41) is 0. The summed E-state index contributed by atoms with van der Waals surface area (Å²) < 4.78 is 9.82. The van der Waals surface area contributed by atoms with E-state index >= 15 is 0 Å². The Hall–Kier alpha value is -1.36. The zero-order valence-corrected chi connectivity index (χ0v) is 15.1. The zero-order valence-electron chi connectivity index (χ0n) is 14.1. The van der Waals surface area contributed by atoms with E-state index in [-0.39, 0.29) is 5.92 Å². The van der Waals surface area contributed by atoms with Gasteiger partial charge in [-0.3, -0.25) is 9.59 Å². The lowest BCUT2D eigenvalue weighted by molar-refractivity contribution is -0.168. The third-order valence-electron chi connectivity index (χ3n) is 4.99. The molecular formula is C17H26O4Si. The van der Waals surface area contributed by atoms with Crippen molar-refractivity contribution >= 4 is 20.0 Å². The fourth-order valence-electron chi connectivity index (χ4n) is 3.54. The van der Waals surface area contributed by atoms with Crippen LogP contribution in [0.3, 0.4) is 0 Å². The van der Waals surface area contributed by atoms with Gasteiger partial charge in [0.05, 0.1) is 22.3 Å². The average molecular weight is 322 g/mol. The molecular weight excluding hydrogens is 296 g/mol. The van der Waals surface area contributed by atoms with Gasteiger partial charge >= 0.3 is 11.9 Å². The molecule has 2 atom stereocenters. The number of fused-ring (bicyclic) bond motifs is 1. The topological polar surface area (TPSA) is 52.6 Å². The fourth-order valence-corrected chi connectivity index (χ4v) is 5.09. The van der Waals surface area contributed by atoms with Crippen LogP contribution in [0.15, 0.2) is 23.8 Å². The highest BCUT2D eigenvalue weighted by Gasteiger charge is 2.55. The summed E-state index contributed by atoms with van der Waals surface area (Å²) in [5.41, 5.74) is 0.554. The average Bonchev–Trinajstić information content (AvgIpc) is 2.72. The highest BCUT2D eigenvalue weighted by atomic mass is 28.3. The summed E-state index contributed by atoms with van der Waals surface area (Å²) in [7, 11) is 1.33. The van der Waals surface area contributed by atoms with E-state index in [1.54, 1.807) is 0 Å². The molecule has 0 radical (unpaired) electrons. The Kier molecular flexibility index (Phi) is 4.66. The largest absolute Gasteiger partial charge is 0.468 e. The molecule has 0 aromatic carbocycles. The van der Waals surface area contributed by atoms with Crippen LogP contribution in [0.25, 0.3) is 0 Å². The first-order valence-electron chi connectivity index (χ1n) is 7.78. The number of allylic oxidation sites excluding steroid dienone is 4. The molecule has 0 spiro atoms. The van der Waals surface area contributed by atoms with E-state index in [1.165, 1.54) is 19.8 Å². The quantitative estimate of drug-likeness (QED) is 0.346. The first-order chi connectivity index (χ1) is 10.2. The number of hydrogen-bond acceptors (Lipinski definition) is 4. The molecule has 0 aromatic heterocycles. The van der Waals surface area contributed by atoms with Gasteiger partial charge < -0.3 is 9.47 Å². The van der Waals surface area contributed by atoms with Gasteiger partial charge in [0.25, 0.3) is 0 Å². The number of esters is 2. The Morgan fingerprint density at radius 1 is 1.18 bits per heavy atom. The van der Waals surface area contributed by atoms with Crippen molar-refractivity contribution in [2.75, 3.05) is 14.2 Å². The van der Waals surface area contributed by atoms with Crippen molar-refractivity contribution in [2.45, 2.75) is 44.4 Å². The van der Waals surface area contributed by atoms with E-state index in [1.807, 2.05) is 0 Å². The maximum Gasteiger partial charge on any atom is 0.323 e. The number of methoxy groups -OCH3 is 2. The van der Waals surface area contributed by atoms with Crippen LogP contribution < -0.4 is 0 Å². The molecule has 2 aliphatic carbocycles. The van der Waals surface area contributed by atoms with E-state index < -0.39 is 25.4 Å². The molecule has 4 nitrogen and oxygen atoms in total. The maximum atomic E-state index is 12.3. The lowest BCUT2D eigenvalue weighted by atomic mass is 9.85. The van der Waals surface area contributed by atoms with Crippen LogP contribution in [0, 0.1) is 11.3 Å². The van der Waals surface area contributed by atoms with Crippen molar-refractivity contribution < 1.29 is 19.1 Å². The van der Waals surface area contributed by atoms with Crippen LogP contribution in [-0.2, 0) is 19.1 Å². The first kappa shape index (κ1) is 17.0. The van der Waals surface area contributed by atoms with Crippen LogP contribution in [0.2, 0.25) is 25.2 Å². The Balaban J connectivity index is 2.40. The molecule has 1 saturated carbocycles. The molecule has 1 fully saturated rings. The predicted molar refractivity (Wildman–Crippen MR) is 88.1 cm³/mol. The van der Waals surface area contributed by atoms with Crippen LogP contribution in [0.4, 0.5) is 0 Å². The van der Waals surface area contributed by atoms with Crippen molar-refractivity contribution in [2.24, 2.45) is 11.3 Å². The second kappa shape index (κ2) is 6.03. The molecule has 2 aliphatic rings. The molecule has 0 aromatic rings. The summed E-state index contributed by atoms with van der Waals surface area (Å²) in [4.78, 5) is 24.6. The van der Waals surface area contributed by atoms with Crippen LogP contribution in [0.5, 0.6) is 0 Å². The Morgan fingerprint density at radius 2 is 1.77 bits per heavy atom. The number of carbonyl (C=O) groups is 2. The van der Waals surface area contributed by atoms with Gasteiger partial charge in [-0.1, -0.05) is 43.4 Å². The van der Waals surface area contributed by atoms with E-state index in [4.69, 9.17) is 9.47 Å². The highest BCUT2D eigenvalue weighted by molar-refractivity contribution is 6.78. The zero-order chi connectivity index (χ0) is 16.5. The predicted octanol–water partition coefficient (Wildman–Crippen LogP) is 3.32. The van der Waals surface area contributed by atoms with Crippen molar-refractivity contribution in [1.29, 1.82) is 0 Å². The van der Waals surface area contributed by atoms with Gasteiger partial charge in [-0.05, 0) is 30.7 Å². The third kappa shape index (κ3) is 2.91. The van der Waals surface area contributed by atoms with Crippen LogP contribution in [-0.4, -0.2) is 34.2 Å². The third-order valence-corrected chi connectivity index (χ3v) is 7.62. The molecule has 2 rings (SSSR count). The summed E-state index contributed by atoms with van der Waals surface area (Å²) >= 11 is 0. The van der Waals surface area contributed by atoms with E-state index in [9.17, 15) is 9.59 Å². The van der Waals surface area contributed by atoms with Gasteiger partial charge in [0.2, 0.25) is 0 Å². The van der Waals surface area contributed by atoms with Gasteiger partial charge in [-0.2, -0.15) is 0 Å². The minimum atomic E-state index is -1.33. The summed E-state index contributed by atoms with van der Waals surface area (Å²) in [6.45, 7) is 7.06. The Morgan fingerprint density at radius 3 is 2.27 bits per heavy atom. The van der Waals surface area contributed by atoms with Gasteiger partial charge in [-0.25, -0.2) is 0 Å². The van der Waals surface area contributed by atoms with Gasteiger partial charge in [0.1, 0.15) is 0 Å². The van der Waals surface area contributed by atoms with Crippen molar-refractivity contribution in [1.82, 2.24) is 0 Å². The highest BCUT2D eigenvalue weighted by Crippen LogP contribution is 2.50. The normalized spacial score (nSPS) is 26.7. The molecule has 0 aliphatic heterocycles. The van der Waals surface area contributed by atoms with Crippen LogP contribution in [0.1, 0.15) is 19.3 Å². The first-order valence-corrected chi connectivity index (χ1v) is 11.4. The smallest absolute Gasteiger partial charge is 0.323 e. The number of rotatable bonds is 3. The van der Waals surface area contributed by atoms with Crippen molar-refractivity contribution in [3.05, 3.63) is 23.8 Å². The molecule has 0 saturated heterocycles. The molecule has 0 amide bonds. The molecule has 5 heteroatoms. The minimum Gasteiger partial charge on any atom is -0.468 e. The van der Waals surface area contributed by atoms with E-state index in [2.05, 4.69) is 37.9 Å². The van der Waals surface area contributed by atoms with E-state index in [0.29, 0.717) is 18.4 Å². The van der Waals surface area contributed by atoms with Crippen molar-refractivity contribution in [3.63, 3.8) is 0 Å². The molecule has 0 N–H and O–H groups in total.